The molecule has 1 rings (SSSR count). The van der Waals surface area contributed by atoms with Gasteiger partial charge in [-0.15, -0.1) is 0 Å². The highest BCUT2D eigenvalue weighted by Gasteiger charge is 2.11. The van der Waals surface area contributed by atoms with Crippen LogP contribution in [0, 0.1) is 0 Å². The molecule has 13 heavy (non-hydrogen) atoms. The van der Waals surface area contributed by atoms with E-state index in [2.05, 4.69) is 10.2 Å². The molecule has 0 atom stereocenters. The fourth-order valence-electron chi connectivity index (χ4n) is 0.899. The highest BCUT2D eigenvalue weighted by atomic mass is 16.5. The van der Waals surface area contributed by atoms with E-state index < -0.39 is 5.97 Å². The highest BCUT2D eigenvalue weighted by Crippen LogP contribution is 2.21. The summed E-state index contributed by atoms with van der Waals surface area (Å²) in [5.41, 5.74) is 2.96. The Bertz CT molecular complexity index is 325. The Hall–Kier alpha value is -1.75. The van der Waals surface area contributed by atoms with Gasteiger partial charge in [-0.3, -0.25) is 5.84 Å². The number of carbonyl (C=O) groups is 1. The Morgan fingerprint density at radius 3 is 2.85 bits per heavy atom. The lowest BCUT2D eigenvalue weighted by Gasteiger charge is -2.04. The van der Waals surface area contributed by atoms with Gasteiger partial charge in [-0.25, -0.2) is 4.79 Å². The molecule has 0 unspecified atom stereocenters. The number of nitrogens with one attached hydrogen (secondary N) is 1. The number of phenols is 1. The summed E-state index contributed by atoms with van der Waals surface area (Å²) in [5.74, 6) is 4.39. The predicted molar refractivity (Wildman–Crippen MR) is 47.3 cm³/mol. The second-order valence-electron chi connectivity index (χ2n) is 2.37. The number of nitrogen functional groups attached to an aromatic ring is 1. The summed E-state index contributed by atoms with van der Waals surface area (Å²) >= 11 is 0. The first-order chi connectivity index (χ1) is 6.19. The van der Waals surface area contributed by atoms with Gasteiger partial charge in [0.2, 0.25) is 0 Å². The maximum atomic E-state index is 11.1. The molecule has 5 heteroatoms. The van der Waals surface area contributed by atoms with Crippen molar-refractivity contribution < 1.29 is 14.6 Å². The van der Waals surface area contributed by atoms with Crippen molar-refractivity contribution in [2.24, 2.45) is 5.84 Å². The van der Waals surface area contributed by atoms with Crippen LogP contribution in [0.15, 0.2) is 18.2 Å². The maximum Gasteiger partial charge on any atom is 0.341 e. The molecule has 0 saturated carbocycles. The molecule has 0 amide bonds. The lowest BCUT2D eigenvalue weighted by molar-refractivity contribution is 0.0597. The Labute approximate surface area is 75.1 Å². The Morgan fingerprint density at radius 1 is 1.62 bits per heavy atom. The number of benzene rings is 1. The molecule has 0 aliphatic carbocycles. The zero-order valence-electron chi connectivity index (χ0n) is 7.07. The molecular weight excluding hydrogens is 172 g/mol. The van der Waals surface area contributed by atoms with Crippen LogP contribution in [-0.2, 0) is 4.74 Å². The van der Waals surface area contributed by atoms with E-state index in [1.165, 1.54) is 19.2 Å². The van der Waals surface area contributed by atoms with Crippen LogP contribution in [0.1, 0.15) is 10.4 Å². The smallest absolute Gasteiger partial charge is 0.341 e. The molecule has 70 valence electrons. The first kappa shape index (κ1) is 9.34. The molecule has 0 aliphatic heterocycles. The molecule has 0 fully saturated rings. The lowest BCUT2D eigenvalue weighted by Crippen LogP contribution is -2.08. The number of ether oxygens (including phenoxy) is 1. The summed E-state index contributed by atoms with van der Waals surface area (Å²) in [5, 5.41) is 9.26. The van der Waals surface area contributed by atoms with E-state index in [0.29, 0.717) is 5.69 Å². The van der Waals surface area contributed by atoms with E-state index in [1.54, 1.807) is 6.07 Å². The minimum atomic E-state index is -0.602. The van der Waals surface area contributed by atoms with Gasteiger partial charge in [-0.1, -0.05) is 0 Å². The zero-order valence-corrected chi connectivity index (χ0v) is 7.07. The molecule has 0 heterocycles. The number of hydrogen-bond acceptors (Lipinski definition) is 5. The monoisotopic (exact) mass is 182 g/mol. The molecular formula is C8H10N2O3. The van der Waals surface area contributed by atoms with Crippen LogP contribution in [0.2, 0.25) is 0 Å². The SMILES string of the molecule is COC(=O)c1cc(NN)ccc1O. The zero-order chi connectivity index (χ0) is 9.84. The van der Waals surface area contributed by atoms with Gasteiger partial charge in [0.25, 0.3) is 0 Å². The average molecular weight is 182 g/mol. The van der Waals surface area contributed by atoms with Gasteiger partial charge in [0.05, 0.1) is 7.11 Å². The normalized spacial score (nSPS) is 9.38. The molecule has 0 saturated heterocycles. The van der Waals surface area contributed by atoms with Crippen molar-refractivity contribution >= 4 is 11.7 Å². The number of methoxy groups -OCH3 is 1. The predicted octanol–water partition coefficient (Wildman–Crippen LogP) is 0.464. The second-order valence-corrected chi connectivity index (χ2v) is 2.37. The number of nitrogens with two attached hydrogens (primary N) is 1. The van der Waals surface area contributed by atoms with Crippen molar-refractivity contribution in [3.8, 4) is 5.75 Å². The number of hydrazine groups is 1. The van der Waals surface area contributed by atoms with Crippen molar-refractivity contribution in [1.29, 1.82) is 0 Å². The van der Waals surface area contributed by atoms with Crippen molar-refractivity contribution in [1.82, 2.24) is 0 Å². The van der Waals surface area contributed by atoms with Crippen molar-refractivity contribution in [3.63, 3.8) is 0 Å². The van der Waals surface area contributed by atoms with Crippen molar-refractivity contribution in [2.75, 3.05) is 12.5 Å². The van der Waals surface area contributed by atoms with E-state index in [9.17, 15) is 9.90 Å². The van der Waals surface area contributed by atoms with Crippen LogP contribution in [0.3, 0.4) is 0 Å². The first-order valence-corrected chi connectivity index (χ1v) is 3.57. The second kappa shape index (κ2) is 3.77. The van der Waals surface area contributed by atoms with Crippen molar-refractivity contribution in [2.45, 2.75) is 0 Å². The van der Waals surface area contributed by atoms with Gasteiger partial charge in [-0.2, -0.15) is 0 Å². The summed E-state index contributed by atoms with van der Waals surface area (Å²) in [6, 6.07) is 4.31. The number of aromatic hydroxyl groups is 1. The Kier molecular flexibility index (Phi) is 2.71. The molecule has 0 bridgehead atoms. The number of rotatable bonds is 2. The summed E-state index contributed by atoms with van der Waals surface area (Å²) in [4.78, 5) is 11.1. The third-order valence-corrected chi connectivity index (χ3v) is 1.57. The number of hydrogen-bond donors (Lipinski definition) is 3. The number of phenolic OH excluding ortho intramolecular Hbond substituents is 1. The third kappa shape index (κ3) is 1.88. The maximum absolute atomic E-state index is 11.1. The third-order valence-electron chi connectivity index (χ3n) is 1.57. The van der Waals surface area contributed by atoms with Gasteiger partial charge in [0.15, 0.2) is 0 Å². The van der Waals surface area contributed by atoms with Crippen LogP contribution >= 0.6 is 0 Å². The van der Waals surface area contributed by atoms with E-state index in [-0.39, 0.29) is 11.3 Å². The molecule has 1 aromatic rings. The fraction of sp³-hybridized carbons (Fsp3) is 0.125. The number of carbonyl (C=O) groups excluding carboxylic acids is 1. The van der Waals surface area contributed by atoms with Gasteiger partial charge < -0.3 is 15.3 Å². The van der Waals surface area contributed by atoms with E-state index in [4.69, 9.17) is 5.84 Å². The van der Waals surface area contributed by atoms with E-state index >= 15 is 0 Å². The summed E-state index contributed by atoms with van der Waals surface area (Å²) < 4.78 is 4.45. The van der Waals surface area contributed by atoms with Crippen molar-refractivity contribution in [3.05, 3.63) is 23.8 Å². The van der Waals surface area contributed by atoms with Crippen LogP contribution < -0.4 is 11.3 Å². The van der Waals surface area contributed by atoms with Crippen LogP contribution in [-0.4, -0.2) is 18.2 Å². The lowest BCUT2D eigenvalue weighted by atomic mass is 10.2. The van der Waals surface area contributed by atoms with Gasteiger partial charge in [-0.05, 0) is 18.2 Å². The van der Waals surface area contributed by atoms with E-state index in [1.807, 2.05) is 0 Å². The fourth-order valence-corrected chi connectivity index (χ4v) is 0.899. The number of esters is 1. The standard InChI is InChI=1S/C8H10N2O3/c1-13-8(12)6-4-5(10-9)2-3-7(6)11/h2-4,10-11H,9H2,1H3. The molecule has 4 N–H and O–H groups in total. The Morgan fingerprint density at radius 2 is 2.31 bits per heavy atom. The minimum absolute atomic E-state index is 0.0814. The molecule has 0 spiro atoms. The first-order valence-electron chi connectivity index (χ1n) is 3.57. The quantitative estimate of drug-likeness (QED) is 0.268. The topological polar surface area (TPSA) is 84.6 Å². The average Bonchev–Trinajstić information content (AvgIpc) is 2.17. The Balaban J connectivity index is 3.11. The number of anilines is 1. The molecule has 0 aromatic heterocycles. The summed E-state index contributed by atoms with van der Waals surface area (Å²) in [7, 11) is 1.24. The summed E-state index contributed by atoms with van der Waals surface area (Å²) in [6.07, 6.45) is 0. The molecule has 5 nitrogen and oxygen atoms in total. The molecule has 1 aromatic carbocycles. The molecule has 0 aliphatic rings. The van der Waals surface area contributed by atoms with Crippen LogP contribution in [0.5, 0.6) is 5.75 Å². The highest BCUT2D eigenvalue weighted by molar-refractivity contribution is 5.93. The van der Waals surface area contributed by atoms with Gasteiger partial charge in [0.1, 0.15) is 11.3 Å². The van der Waals surface area contributed by atoms with E-state index in [0.717, 1.165) is 0 Å². The van der Waals surface area contributed by atoms with Gasteiger partial charge in [0, 0.05) is 5.69 Å². The largest absolute Gasteiger partial charge is 0.507 e. The van der Waals surface area contributed by atoms with Crippen LogP contribution in [0.25, 0.3) is 0 Å². The summed E-state index contributed by atoms with van der Waals surface area (Å²) in [6.45, 7) is 0. The molecule has 0 radical (unpaired) electrons. The van der Waals surface area contributed by atoms with Crippen LogP contribution in [0.4, 0.5) is 5.69 Å². The van der Waals surface area contributed by atoms with Gasteiger partial charge >= 0.3 is 5.97 Å². The minimum Gasteiger partial charge on any atom is -0.507 e.